The lowest BCUT2D eigenvalue weighted by Crippen LogP contribution is -2.37. The first kappa shape index (κ1) is 18.0. The minimum atomic E-state index is 0.0535. The molecule has 120 valence electrons. The third-order valence-corrected chi connectivity index (χ3v) is 4.64. The Morgan fingerprint density at radius 2 is 2.05 bits per heavy atom. The number of ether oxygens (including phenoxy) is 1. The maximum Gasteiger partial charge on any atom is 0.230 e. The first-order valence-corrected chi connectivity index (χ1v) is 8.30. The minimum absolute atomic E-state index is 0.0535. The zero-order chi connectivity index (χ0) is 16.0. The number of aryl methyl sites for hydroxylation is 1. The topological polar surface area (TPSA) is 56.1 Å². The molecule has 1 aromatic heterocycles. The molecular formula is C15H27N3O2S. The third-order valence-electron chi connectivity index (χ3n) is 3.66. The summed E-state index contributed by atoms with van der Waals surface area (Å²) in [4.78, 5) is 16.5. The van der Waals surface area contributed by atoms with Gasteiger partial charge in [-0.15, -0.1) is 0 Å². The average Bonchev–Trinajstić information content (AvgIpc) is 2.69. The van der Waals surface area contributed by atoms with E-state index in [4.69, 9.17) is 4.74 Å². The zero-order valence-electron chi connectivity index (χ0n) is 13.9. The zero-order valence-corrected chi connectivity index (χ0v) is 14.7. The Balaban J connectivity index is 2.62. The van der Waals surface area contributed by atoms with Gasteiger partial charge in [0.15, 0.2) is 5.16 Å². The third kappa shape index (κ3) is 5.36. The smallest absolute Gasteiger partial charge is 0.230 e. The van der Waals surface area contributed by atoms with Gasteiger partial charge < -0.3 is 14.6 Å². The Labute approximate surface area is 131 Å². The van der Waals surface area contributed by atoms with Crippen LogP contribution >= 0.6 is 11.8 Å². The lowest BCUT2D eigenvalue weighted by Gasteiger charge is -2.17. The number of nitrogens with zero attached hydrogens (tertiary/aromatic N) is 2. The van der Waals surface area contributed by atoms with Crippen molar-refractivity contribution in [1.82, 2.24) is 14.9 Å². The lowest BCUT2D eigenvalue weighted by molar-refractivity contribution is -0.119. The van der Waals surface area contributed by atoms with Crippen molar-refractivity contribution < 1.29 is 9.53 Å². The number of rotatable bonds is 8. The van der Waals surface area contributed by atoms with E-state index in [0.29, 0.717) is 18.3 Å². The molecule has 1 amide bonds. The molecule has 0 saturated carbocycles. The fraction of sp³-hybridized carbons (Fsp3) is 0.733. The largest absolute Gasteiger partial charge is 0.383 e. The maximum atomic E-state index is 12.0. The van der Waals surface area contributed by atoms with Crippen molar-refractivity contribution in [3.05, 3.63) is 11.4 Å². The van der Waals surface area contributed by atoms with Crippen LogP contribution in [0.2, 0.25) is 0 Å². The Hall–Kier alpha value is -1.01. The Morgan fingerprint density at radius 1 is 1.38 bits per heavy atom. The van der Waals surface area contributed by atoms with E-state index in [2.05, 4.69) is 28.7 Å². The van der Waals surface area contributed by atoms with Gasteiger partial charge in [-0.25, -0.2) is 4.98 Å². The molecule has 1 N–H and O–H groups in total. The van der Waals surface area contributed by atoms with Gasteiger partial charge in [-0.2, -0.15) is 0 Å². The van der Waals surface area contributed by atoms with Crippen molar-refractivity contribution in [2.45, 2.75) is 52.4 Å². The van der Waals surface area contributed by atoms with Gasteiger partial charge in [-0.3, -0.25) is 4.79 Å². The second-order valence-corrected chi connectivity index (χ2v) is 6.54. The highest BCUT2D eigenvalue weighted by Gasteiger charge is 2.15. The number of carbonyl (C=O) groups excluding carboxylic acids is 1. The first-order chi connectivity index (χ1) is 9.86. The number of hydrogen-bond donors (Lipinski definition) is 1. The summed E-state index contributed by atoms with van der Waals surface area (Å²) in [6.07, 6.45) is 0. The maximum absolute atomic E-state index is 12.0. The van der Waals surface area contributed by atoms with Crippen molar-refractivity contribution in [2.24, 2.45) is 5.92 Å². The number of carbonyl (C=O) groups is 1. The van der Waals surface area contributed by atoms with Gasteiger partial charge in [0.2, 0.25) is 5.91 Å². The predicted molar refractivity (Wildman–Crippen MR) is 86.7 cm³/mol. The Bertz CT molecular complexity index is 472. The van der Waals surface area contributed by atoms with Crippen LogP contribution in [-0.2, 0) is 16.1 Å². The molecule has 1 unspecified atom stereocenters. The van der Waals surface area contributed by atoms with Crippen LogP contribution in [0.1, 0.15) is 32.2 Å². The number of nitrogens with one attached hydrogen (secondary N) is 1. The average molecular weight is 313 g/mol. The molecule has 0 aliphatic heterocycles. The molecule has 0 spiro atoms. The number of aromatic nitrogens is 2. The number of amides is 1. The summed E-state index contributed by atoms with van der Waals surface area (Å²) in [5.41, 5.74) is 2.13. The molecular weight excluding hydrogens is 286 g/mol. The number of thioether (sulfide) groups is 1. The van der Waals surface area contributed by atoms with Gasteiger partial charge in [0, 0.05) is 25.4 Å². The molecule has 1 aromatic rings. The molecule has 21 heavy (non-hydrogen) atoms. The van der Waals surface area contributed by atoms with Gasteiger partial charge in [-0.05, 0) is 26.7 Å². The fourth-order valence-corrected chi connectivity index (χ4v) is 2.70. The number of hydrogen-bond acceptors (Lipinski definition) is 4. The molecule has 1 atom stereocenters. The van der Waals surface area contributed by atoms with Crippen LogP contribution in [0, 0.1) is 19.8 Å². The van der Waals surface area contributed by atoms with Gasteiger partial charge in [0.05, 0.1) is 18.1 Å². The van der Waals surface area contributed by atoms with E-state index in [0.717, 1.165) is 23.1 Å². The summed E-state index contributed by atoms with van der Waals surface area (Å²) in [7, 11) is 1.69. The van der Waals surface area contributed by atoms with Crippen LogP contribution in [0.15, 0.2) is 5.16 Å². The summed E-state index contributed by atoms with van der Waals surface area (Å²) < 4.78 is 7.25. The van der Waals surface area contributed by atoms with E-state index >= 15 is 0 Å². The normalized spacial score (nSPS) is 12.7. The predicted octanol–water partition coefficient (Wildman–Crippen LogP) is 2.40. The van der Waals surface area contributed by atoms with Crippen molar-refractivity contribution in [1.29, 1.82) is 0 Å². The van der Waals surface area contributed by atoms with Gasteiger partial charge in [0.25, 0.3) is 0 Å². The van der Waals surface area contributed by atoms with E-state index in [9.17, 15) is 4.79 Å². The molecule has 0 aromatic carbocycles. The minimum Gasteiger partial charge on any atom is -0.383 e. The molecule has 0 radical (unpaired) electrons. The second kappa shape index (κ2) is 8.44. The van der Waals surface area contributed by atoms with Crippen molar-refractivity contribution in [3.8, 4) is 0 Å². The molecule has 0 bridgehead atoms. The van der Waals surface area contributed by atoms with E-state index in [1.807, 2.05) is 20.8 Å². The quantitative estimate of drug-likeness (QED) is 0.749. The Morgan fingerprint density at radius 3 is 2.62 bits per heavy atom. The van der Waals surface area contributed by atoms with Crippen molar-refractivity contribution >= 4 is 17.7 Å². The molecule has 0 aliphatic rings. The van der Waals surface area contributed by atoms with E-state index < -0.39 is 0 Å². The Kier molecular flexibility index (Phi) is 7.25. The molecule has 6 heteroatoms. The van der Waals surface area contributed by atoms with E-state index in [-0.39, 0.29) is 11.9 Å². The number of imidazole rings is 1. The highest BCUT2D eigenvalue weighted by atomic mass is 32.2. The van der Waals surface area contributed by atoms with E-state index in [1.54, 1.807) is 7.11 Å². The van der Waals surface area contributed by atoms with E-state index in [1.165, 1.54) is 11.8 Å². The molecule has 5 nitrogen and oxygen atoms in total. The van der Waals surface area contributed by atoms with Crippen LogP contribution in [0.3, 0.4) is 0 Å². The number of methoxy groups -OCH3 is 1. The van der Waals surface area contributed by atoms with Gasteiger partial charge in [-0.1, -0.05) is 25.6 Å². The summed E-state index contributed by atoms with van der Waals surface area (Å²) in [5, 5.41) is 3.90. The molecule has 1 rings (SSSR count). The van der Waals surface area contributed by atoms with Crippen molar-refractivity contribution in [3.63, 3.8) is 0 Å². The SMILES string of the molecule is COCCn1c(SCC(=O)NC(C)C(C)C)nc(C)c1C. The fourth-order valence-electron chi connectivity index (χ4n) is 1.77. The highest BCUT2D eigenvalue weighted by Crippen LogP contribution is 2.21. The van der Waals surface area contributed by atoms with Gasteiger partial charge >= 0.3 is 0 Å². The van der Waals surface area contributed by atoms with Crippen LogP contribution in [-0.4, -0.2) is 41.0 Å². The molecule has 0 fully saturated rings. The lowest BCUT2D eigenvalue weighted by atomic mass is 10.1. The summed E-state index contributed by atoms with van der Waals surface area (Å²) in [6.45, 7) is 11.7. The van der Waals surface area contributed by atoms with Crippen LogP contribution in [0.25, 0.3) is 0 Å². The summed E-state index contributed by atoms with van der Waals surface area (Å²) >= 11 is 1.48. The monoisotopic (exact) mass is 313 g/mol. The second-order valence-electron chi connectivity index (χ2n) is 5.60. The summed E-state index contributed by atoms with van der Waals surface area (Å²) in [5.74, 6) is 0.879. The molecule has 0 saturated heterocycles. The first-order valence-electron chi connectivity index (χ1n) is 7.31. The standard InChI is InChI=1S/C15H27N3O2S/c1-10(2)11(3)16-14(19)9-21-15-17-12(4)13(5)18(15)7-8-20-6/h10-11H,7-9H2,1-6H3,(H,16,19). The summed E-state index contributed by atoms with van der Waals surface area (Å²) in [6, 6.07) is 0.190. The molecule has 1 heterocycles. The highest BCUT2D eigenvalue weighted by molar-refractivity contribution is 7.99. The van der Waals surface area contributed by atoms with Gasteiger partial charge in [0.1, 0.15) is 0 Å². The van der Waals surface area contributed by atoms with Crippen LogP contribution in [0.4, 0.5) is 0 Å². The van der Waals surface area contributed by atoms with Crippen LogP contribution in [0.5, 0.6) is 0 Å². The molecule has 0 aliphatic carbocycles. The van der Waals surface area contributed by atoms with Crippen LogP contribution < -0.4 is 5.32 Å². The van der Waals surface area contributed by atoms with Crippen molar-refractivity contribution in [2.75, 3.05) is 19.5 Å².